The van der Waals surface area contributed by atoms with Crippen molar-refractivity contribution in [3.05, 3.63) is 24.0 Å². The van der Waals surface area contributed by atoms with Crippen molar-refractivity contribution in [1.29, 1.82) is 0 Å². The standard InChI is InChI=1S/C18H22O8/c1-23-13-5-8(4-10(19)17(13)24-2)9-7-26-12-6-11(20)18(25-3)16(22)14(12)15(9)21/h4-5,7,11-12,14,16,18-20,22H,6H2,1-3H3. The first kappa shape index (κ1) is 18.5. The van der Waals surface area contributed by atoms with Crippen LogP contribution in [0.3, 0.4) is 0 Å². The lowest BCUT2D eigenvalue weighted by atomic mass is 9.74. The quantitative estimate of drug-likeness (QED) is 0.705. The number of carbonyl (C=O) groups excluding carboxylic acids is 1. The molecule has 1 aliphatic heterocycles. The van der Waals surface area contributed by atoms with Gasteiger partial charge in [-0.15, -0.1) is 0 Å². The molecule has 0 saturated heterocycles. The summed E-state index contributed by atoms with van der Waals surface area (Å²) in [5, 5.41) is 30.7. The van der Waals surface area contributed by atoms with Crippen LogP contribution in [-0.2, 0) is 14.3 Å². The highest BCUT2D eigenvalue weighted by atomic mass is 16.5. The number of phenolic OH excluding ortho intramolecular Hbond substituents is 1. The second-order valence-electron chi connectivity index (χ2n) is 6.32. The summed E-state index contributed by atoms with van der Waals surface area (Å²) in [7, 11) is 4.18. The molecule has 1 aromatic carbocycles. The molecule has 0 radical (unpaired) electrons. The molecule has 1 fully saturated rings. The lowest BCUT2D eigenvalue weighted by molar-refractivity contribution is -0.171. The van der Waals surface area contributed by atoms with Crippen LogP contribution in [0.15, 0.2) is 18.4 Å². The predicted octanol–water partition coefficient (Wildman–Crippen LogP) is 0.475. The van der Waals surface area contributed by atoms with Gasteiger partial charge in [0.25, 0.3) is 0 Å². The Hall–Kier alpha value is -2.29. The number of aromatic hydroxyl groups is 1. The molecule has 1 aliphatic carbocycles. The summed E-state index contributed by atoms with van der Waals surface area (Å²) in [5.41, 5.74) is 0.559. The lowest BCUT2D eigenvalue weighted by Crippen LogP contribution is -2.57. The van der Waals surface area contributed by atoms with Gasteiger partial charge in [-0.25, -0.2) is 0 Å². The van der Waals surface area contributed by atoms with E-state index in [4.69, 9.17) is 18.9 Å². The van der Waals surface area contributed by atoms with Gasteiger partial charge >= 0.3 is 0 Å². The van der Waals surface area contributed by atoms with Crippen molar-refractivity contribution in [2.24, 2.45) is 5.92 Å². The minimum absolute atomic E-state index is 0.152. The fraction of sp³-hybridized carbons (Fsp3) is 0.500. The summed E-state index contributed by atoms with van der Waals surface area (Å²) in [5.74, 6) is -1.01. The first-order valence-corrected chi connectivity index (χ1v) is 8.17. The van der Waals surface area contributed by atoms with Gasteiger partial charge in [0.1, 0.15) is 12.2 Å². The van der Waals surface area contributed by atoms with Gasteiger partial charge in [0.2, 0.25) is 5.75 Å². The SMILES string of the molecule is COc1cc(C2=COC3CC(O)C(OC)C(O)C3C2=O)cc(O)c1OC. The van der Waals surface area contributed by atoms with E-state index in [0.717, 1.165) is 0 Å². The number of allylic oxidation sites excluding steroid dienone is 1. The van der Waals surface area contributed by atoms with Crippen molar-refractivity contribution >= 4 is 11.4 Å². The van der Waals surface area contributed by atoms with Gasteiger partial charge in [-0.2, -0.15) is 0 Å². The summed E-state index contributed by atoms with van der Waals surface area (Å²) in [6.45, 7) is 0. The van der Waals surface area contributed by atoms with Crippen molar-refractivity contribution in [3.63, 3.8) is 0 Å². The number of hydrogen-bond acceptors (Lipinski definition) is 8. The van der Waals surface area contributed by atoms with Crippen LogP contribution in [0.1, 0.15) is 12.0 Å². The molecule has 142 valence electrons. The number of rotatable bonds is 4. The molecule has 5 unspecified atom stereocenters. The minimum Gasteiger partial charge on any atom is -0.504 e. The van der Waals surface area contributed by atoms with E-state index >= 15 is 0 Å². The molecule has 0 aromatic heterocycles. The number of ether oxygens (including phenoxy) is 4. The molecule has 8 heteroatoms. The van der Waals surface area contributed by atoms with Gasteiger partial charge in [-0.05, 0) is 17.7 Å². The van der Waals surface area contributed by atoms with Gasteiger partial charge < -0.3 is 34.3 Å². The maximum absolute atomic E-state index is 13.0. The van der Waals surface area contributed by atoms with Gasteiger partial charge in [-0.1, -0.05) is 0 Å². The molecule has 3 N–H and O–H groups in total. The Morgan fingerprint density at radius 2 is 1.88 bits per heavy atom. The maximum atomic E-state index is 13.0. The van der Waals surface area contributed by atoms with E-state index in [0.29, 0.717) is 5.56 Å². The van der Waals surface area contributed by atoms with Crippen LogP contribution >= 0.6 is 0 Å². The Bertz CT molecular complexity index is 728. The average Bonchev–Trinajstić information content (AvgIpc) is 2.61. The first-order valence-electron chi connectivity index (χ1n) is 8.17. The van der Waals surface area contributed by atoms with Crippen molar-refractivity contribution in [2.75, 3.05) is 21.3 Å². The fourth-order valence-corrected chi connectivity index (χ4v) is 3.63. The summed E-state index contributed by atoms with van der Waals surface area (Å²) in [6, 6.07) is 2.91. The van der Waals surface area contributed by atoms with Crippen molar-refractivity contribution < 1.29 is 39.1 Å². The zero-order valence-electron chi connectivity index (χ0n) is 14.7. The number of aliphatic hydroxyl groups excluding tert-OH is 2. The zero-order chi connectivity index (χ0) is 19.0. The number of phenols is 1. The molecule has 3 rings (SSSR count). The number of methoxy groups -OCH3 is 3. The number of carbonyl (C=O) groups is 1. The number of Topliss-reactive ketones (excluding diaryl/α,β-unsaturated/α-hetero) is 1. The molecule has 0 amide bonds. The molecular weight excluding hydrogens is 344 g/mol. The Morgan fingerprint density at radius 3 is 2.50 bits per heavy atom. The van der Waals surface area contributed by atoms with Crippen LogP contribution in [0.4, 0.5) is 0 Å². The highest BCUT2D eigenvalue weighted by Crippen LogP contribution is 2.42. The van der Waals surface area contributed by atoms with Crippen molar-refractivity contribution in [1.82, 2.24) is 0 Å². The van der Waals surface area contributed by atoms with E-state index in [1.807, 2.05) is 0 Å². The molecule has 8 nitrogen and oxygen atoms in total. The van der Waals surface area contributed by atoms with E-state index < -0.39 is 30.3 Å². The van der Waals surface area contributed by atoms with Crippen LogP contribution in [-0.4, -0.2) is 66.8 Å². The minimum atomic E-state index is -1.21. The van der Waals surface area contributed by atoms with Crippen LogP contribution in [0.5, 0.6) is 17.2 Å². The highest BCUT2D eigenvalue weighted by molar-refractivity contribution is 6.22. The molecule has 5 atom stereocenters. The number of aliphatic hydroxyl groups is 2. The molecule has 2 aliphatic rings. The Kier molecular flexibility index (Phi) is 5.08. The van der Waals surface area contributed by atoms with Crippen LogP contribution < -0.4 is 9.47 Å². The molecular formula is C18H22O8. The Morgan fingerprint density at radius 1 is 1.15 bits per heavy atom. The molecule has 0 bridgehead atoms. The van der Waals surface area contributed by atoms with Crippen LogP contribution in [0, 0.1) is 5.92 Å². The van der Waals surface area contributed by atoms with Crippen molar-refractivity contribution in [3.8, 4) is 17.2 Å². The zero-order valence-corrected chi connectivity index (χ0v) is 14.7. The molecule has 1 heterocycles. The van der Waals surface area contributed by atoms with Gasteiger partial charge in [-0.3, -0.25) is 4.79 Å². The van der Waals surface area contributed by atoms with E-state index in [1.165, 1.54) is 33.7 Å². The smallest absolute Gasteiger partial charge is 0.203 e. The predicted molar refractivity (Wildman–Crippen MR) is 90.0 cm³/mol. The largest absolute Gasteiger partial charge is 0.504 e. The van der Waals surface area contributed by atoms with Gasteiger partial charge in [0.15, 0.2) is 17.3 Å². The number of ketones is 1. The molecule has 0 spiro atoms. The highest BCUT2D eigenvalue weighted by Gasteiger charge is 2.50. The monoisotopic (exact) mass is 366 g/mol. The third-order valence-corrected chi connectivity index (χ3v) is 4.93. The second kappa shape index (κ2) is 7.14. The fourth-order valence-electron chi connectivity index (χ4n) is 3.63. The van der Waals surface area contributed by atoms with Crippen LogP contribution in [0.25, 0.3) is 5.57 Å². The topological polar surface area (TPSA) is 115 Å². The van der Waals surface area contributed by atoms with Gasteiger partial charge in [0, 0.05) is 13.5 Å². The third-order valence-electron chi connectivity index (χ3n) is 4.93. The number of benzene rings is 1. The average molecular weight is 366 g/mol. The van der Waals surface area contributed by atoms with E-state index in [-0.39, 0.29) is 35.0 Å². The molecule has 1 aromatic rings. The van der Waals surface area contributed by atoms with Crippen molar-refractivity contribution in [2.45, 2.75) is 30.8 Å². The summed E-state index contributed by atoms with van der Waals surface area (Å²) in [4.78, 5) is 13.0. The second-order valence-corrected chi connectivity index (χ2v) is 6.32. The maximum Gasteiger partial charge on any atom is 0.203 e. The Balaban J connectivity index is 1.98. The van der Waals surface area contributed by atoms with E-state index in [2.05, 4.69) is 0 Å². The molecule has 1 saturated carbocycles. The van der Waals surface area contributed by atoms with E-state index in [1.54, 1.807) is 6.07 Å². The van der Waals surface area contributed by atoms with Gasteiger partial charge in [0.05, 0.1) is 44.2 Å². The third kappa shape index (κ3) is 2.90. The summed E-state index contributed by atoms with van der Waals surface area (Å²) in [6.07, 6.45) is -2.19. The number of hydrogen-bond donors (Lipinski definition) is 3. The Labute approximate surface area is 150 Å². The molecule has 26 heavy (non-hydrogen) atoms. The number of fused-ring (bicyclic) bond motifs is 1. The first-order chi connectivity index (χ1) is 12.4. The van der Waals surface area contributed by atoms with Crippen LogP contribution in [0.2, 0.25) is 0 Å². The van der Waals surface area contributed by atoms with E-state index in [9.17, 15) is 20.1 Å². The normalized spacial score (nSPS) is 30.9. The lowest BCUT2D eigenvalue weighted by Gasteiger charge is -2.43. The summed E-state index contributed by atoms with van der Waals surface area (Å²) >= 11 is 0. The summed E-state index contributed by atoms with van der Waals surface area (Å²) < 4.78 is 21.0.